The summed E-state index contributed by atoms with van der Waals surface area (Å²) in [4.78, 5) is 11.4. The molecule has 132 valence electrons. The molecule has 5 nitrogen and oxygen atoms in total. The van der Waals surface area contributed by atoms with Crippen LogP contribution in [0.4, 0.5) is 11.4 Å². The molecule has 0 radical (unpaired) electrons. The van der Waals surface area contributed by atoms with E-state index in [1.54, 1.807) is 30.4 Å². The number of benzene rings is 2. The van der Waals surface area contributed by atoms with Crippen LogP contribution in [0.5, 0.6) is 0 Å². The normalized spacial score (nSPS) is 15.5. The first-order chi connectivity index (χ1) is 12.5. The first-order valence-electron chi connectivity index (χ1n) is 7.74. The number of para-hydroxylation sites is 1. The number of rotatable bonds is 4. The SMILES string of the molecule is Cc1ccccc1Nc1ccc(C(N=O)=C2C(Cl)=CC=CN2O)c(Cl)c1. The third-order valence-electron chi connectivity index (χ3n) is 3.89. The predicted molar refractivity (Wildman–Crippen MR) is 105 cm³/mol. The molecule has 2 aromatic carbocycles. The quantitative estimate of drug-likeness (QED) is 0.615. The third kappa shape index (κ3) is 3.65. The van der Waals surface area contributed by atoms with Gasteiger partial charge in [0.05, 0.1) is 10.1 Å². The van der Waals surface area contributed by atoms with Gasteiger partial charge in [0.1, 0.15) is 11.4 Å². The van der Waals surface area contributed by atoms with Crippen molar-refractivity contribution < 1.29 is 5.21 Å². The highest BCUT2D eigenvalue weighted by Gasteiger charge is 2.22. The van der Waals surface area contributed by atoms with Gasteiger partial charge in [-0.05, 0) is 54.1 Å². The molecule has 1 aliphatic rings. The van der Waals surface area contributed by atoms with Gasteiger partial charge in [0, 0.05) is 23.1 Å². The van der Waals surface area contributed by atoms with E-state index < -0.39 is 0 Å². The van der Waals surface area contributed by atoms with Gasteiger partial charge in [-0.2, -0.15) is 0 Å². The van der Waals surface area contributed by atoms with Gasteiger partial charge in [0.15, 0.2) is 0 Å². The maximum absolute atomic E-state index is 11.4. The van der Waals surface area contributed by atoms with Gasteiger partial charge in [-0.1, -0.05) is 41.4 Å². The topological polar surface area (TPSA) is 64.9 Å². The Kier molecular flexibility index (Phi) is 5.42. The zero-order valence-electron chi connectivity index (χ0n) is 13.8. The van der Waals surface area contributed by atoms with Crippen molar-refractivity contribution in [3.63, 3.8) is 0 Å². The highest BCUT2D eigenvalue weighted by Crippen LogP contribution is 2.36. The molecule has 0 spiro atoms. The molecule has 0 saturated carbocycles. The fourth-order valence-corrected chi connectivity index (χ4v) is 3.09. The number of nitrogens with one attached hydrogen (secondary N) is 1. The molecular weight excluding hydrogens is 373 g/mol. The maximum atomic E-state index is 11.4. The van der Waals surface area contributed by atoms with Crippen LogP contribution in [-0.2, 0) is 0 Å². The molecule has 0 saturated heterocycles. The first kappa shape index (κ1) is 18.2. The van der Waals surface area contributed by atoms with E-state index >= 15 is 0 Å². The van der Waals surface area contributed by atoms with Gasteiger partial charge in [-0.3, -0.25) is 5.21 Å². The number of hydrogen-bond donors (Lipinski definition) is 2. The molecule has 0 atom stereocenters. The summed E-state index contributed by atoms with van der Waals surface area (Å²) in [6, 6.07) is 13.0. The highest BCUT2D eigenvalue weighted by atomic mass is 35.5. The molecule has 0 aromatic heterocycles. The summed E-state index contributed by atoms with van der Waals surface area (Å²) in [7, 11) is 0. The predicted octanol–water partition coefficient (Wildman–Crippen LogP) is 6.17. The van der Waals surface area contributed by atoms with Gasteiger partial charge >= 0.3 is 0 Å². The Morgan fingerprint density at radius 1 is 1.19 bits per heavy atom. The van der Waals surface area contributed by atoms with Crippen LogP contribution in [-0.4, -0.2) is 10.3 Å². The summed E-state index contributed by atoms with van der Waals surface area (Å²) in [6.45, 7) is 2.00. The second-order valence-electron chi connectivity index (χ2n) is 5.62. The van der Waals surface area contributed by atoms with Gasteiger partial charge in [0.2, 0.25) is 0 Å². The average Bonchev–Trinajstić information content (AvgIpc) is 2.61. The lowest BCUT2D eigenvalue weighted by Gasteiger charge is -2.20. The van der Waals surface area contributed by atoms with Crippen molar-refractivity contribution in [3.8, 4) is 0 Å². The lowest BCUT2D eigenvalue weighted by molar-refractivity contribution is -0.000292. The molecule has 7 heteroatoms. The number of anilines is 2. The largest absolute Gasteiger partial charge is 0.355 e. The van der Waals surface area contributed by atoms with E-state index in [1.807, 2.05) is 31.2 Å². The Morgan fingerprint density at radius 2 is 1.96 bits per heavy atom. The van der Waals surface area contributed by atoms with E-state index in [2.05, 4.69) is 10.5 Å². The molecule has 0 unspecified atom stereocenters. The minimum absolute atomic E-state index is 0.0504. The molecule has 0 bridgehead atoms. The van der Waals surface area contributed by atoms with E-state index in [1.165, 1.54) is 6.20 Å². The number of hydrogen-bond acceptors (Lipinski definition) is 5. The summed E-state index contributed by atoms with van der Waals surface area (Å²) in [5, 5.41) is 17.5. The van der Waals surface area contributed by atoms with Crippen LogP contribution in [0.2, 0.25) is 5.02 Å². The summed E-state index contributed by atoms with van der Waals surface area (Å²) in [5.41, 5.74) is 3.19. The first-order valence-corrected chi connectivity index (χ1v) is 8.49. The van der Waals surface area contributed by atoms with Gasteiger partial charge in [0.25, 0.3) is 0 Å². The Balaban J connectivity index is 1.99. The Labute approximate surface area is 160 Å². The molecule has 3 rings (SSSR count). The van der Waals surface area contributed by atoms with Crippen molar-refractivity contribution in [2.24, 2.45) is 5.18 Å². The fraction of sp³-hybridized carbons (Fsp3) is 0.0526. The van der Waals surface area contributed by atoms with Gasteiger partial charge < -0.3 is 5.32 Å². The van der Waals surface area contributed by atoms with Gasteiger partial charge in [-0.25, -0.2) is 5.06 Å². The summed E-state index contributed by atoms with van der Waals surface area (Å²) in [5.74, 6) is 0. The lowest BCUT2D eigenvalue weighted by atomic mass is 10.1. The molecule has 0 amide bonds. The maximum Gasteiger partial charge on any atom is 0.144 e. The number of nitroso groups, excluding NO2 is 1. The second kappa shape index (κ2) is 7.74. The van der Waals surface area contributed by atoms with E-state index in [4.69, 9.17) is 23.2 Å². The molecule has 0 fully saturated rings. The van der Waals surface area contributed by atoms with Crippen LogP contribution < -0.4 is 5.32 Å². The van der Waals surface area contributed by atoms with Crippen LogP contribution >= 0.6 is 23.2 Å². The lowest BCUT2D eigenvalue weighted by Crippen LogP contribution is -2.15. The van der Waals surface area contributed by atoms with E-state index in [-0.39, 0.29) is 16.4 Å². The van der Waals surface area contributed by atoms with E-state index in [0.717, 1.165) is 22.0 Å². The minimum Gasteiger partial charge on any atom is -0.355 e. The number of nitrogens with zero attached hydrogens (tertiary/aromatic N) is 2. The molecule has 2 N–H and O–H groups in total. The van der Waals surface area contributed by atoms with Crippen molar-refractivity contribution in [2.75, 3.05) is 5.32 Å². The van der Waals surface area contributed by atoms with Crippen LogP contribution in [0.25, 0.3) is 5.70 Å². The van der Waals surface area contributed by atoms with Gasteiger partial charge in [-0.15, -0.1) is 4.91 Å². The molecule has 0 aliphatic carbocycles. The van der Waals surface area contributed by atoms with Crippen LogP contribution in [0, 0.1) is 11.8 Å². The summed E-state index contributed by atoms with van der Waals surface area (Å²) >= 11 is 12.5. The van der Waals surface area contributed by atoms with Crippen LogP contribution in [0.1, 0.15) is 11.1 Å². The molecule has 2 aromatic rings. The Bertz CT molecular complexity index is 952. The monoisotopic (exact) mass is 387 g/mol. The van der Waals surface area contributed by atoms with E-state index in [0.29, 0.717) is 10.6 Å². The van der Waals surface area contributed by atoms with Crippen molar-refractivity contribution in [1.82, 2.24) is 5.06 Å². The number of halogens is 2. The smallest absolute Gasteiger partial charge is 0.144 e. The third-order valence-corrected chi connectivity index (χ3v) is 4.51. The van der Waals surface area contributed by atoms with Crippen molar-refractivity contribution in [3.05, 3.63) is 92.6 Å². The molecule has 26 heavy (non-hydrogen) atoms. The highest BCUT2D eigenvalue weighted by molar-refractivity contribution is 6.34. The summed E-state index contributed by atoms with van der Waals surface area (Å²) < 4.78 is 0. The standard InChI is InChI=1S/C19H15Cl2N3O2/c1-12-5-2-3-7-17(12)22-13-8-9-14(16(21)11-13)18(23-25)19-15(20)6-4-10-24(19)26/h2-11,22,26H,1H3. The average molecular weight is 388 g/mol. The zero-order valence-corrected chi connectivity index (χ0v) is 15.3. The molecular formula is C19H15Cl2N3O2. The molecule has 1 heterocycles. The zero-order chi connectivity index (χ0) is 18.7. The fourth-order valence-electron chi connectivity index (χ4n) is 2.57. The van der Waals surface area contributed by atoms with Crippen LogP contribution in [0.15, 0.2) is 76.7 Å². The minimum atomic E-state index is -0.0504. The number of allylic oxidation sites excluding steroid dienone is 3. The molecule has 1 aliphatic heterocycles. The Hall–Kier alpha value is -2.60. The van der Waals surface area contributed by atoms with E-state index in [9.17, 15) is 10.1 Å². The van der Waals surface area contributed by atoms with Crippen molar-refractivity contribution in [2.45, 2.75) is 6.92 Å². The number of aryl methyl sites for hydroxylation is 1. The van der Waals surface area contributed by atoms with Crippen LogP contribution in [0.3, 0.4) is 0 Å². The number of hydroxylamine groups is 2. The summed E-state index contributed by atoms with van der Waals surface area (Å²) in [6.07, 6.45) is 4.45. The Morgan fingerprint density at radius 3 is 2.62 bits per heavy atom. The van der Waals surface area contributed by atoms with Crippen molar-refractivity contribution in [1.29, 1.82) is 0 Å². The van der Waals surface area contributed by atoms with Crippen molar-refractivity contribution >= 4 is 40.3 Å². The second-order valence-corrected chi connectivity index (χ2v) is 6.44.